The Morgan fingerprint density at radius 3 is 1.89 bits per heavy atom. The van der Waals surface area contributed by atoms with Crippen molar-refractivity contribution in [3.8, 4) is 0 Å². The second-order valence-electron chi connectivity index (χ2n) is 3.63. The number of aliphatic hydroxyl groups is 1. The van der Waals surface area contributed by atoms with Gasteiger partial charge in [0, 0.05) is 6.42 Å². The minimum absolute atomic E-state index is 0.411. The molecule has 0 aliphatic rings. The first-order chi connectivity index (χ1) is 7.99. The van der Waals surface area contributed by atoms with Gasteiger partial charge in [0.05, 0.1) is 0 Å². The molecule has 0 unspecified atom stereocenters. The zero-order valence-corrected chi connectivity index (χ0v) is 10.6. The van der Waals surface area contributed by atoms with Crippen molar-refractivity contribution < 1.29 is 38.2 Å². The zero-order valence-electron chi connectivity index (χ0n) is 8.84. The highest BCUT2D eigenvalue weighted by Gasteiger charge is 2.59. The molecule has 102 valence electrons. The first kappa shape index (κ1) is 15.5. The van der Waals surface area contributed by atoms with Gasteiger partial charge in [-0.2, -0.15) is 0 Å². The highest BCUT2D eigenvalue weighted by molar-refractivity contribution is 7.72. The number of hydrogen-bond donors (Lipinski definition) is 5. The maximum absolute atomic E-state index is 13.3. The Morgan fingerprint density at radius 2 is 1.50 bits per heavy atom. The molecular formula is C8H11FO7P2. The molecule has 0 aliphatic heterocycles. The second kappa shape index (κ2) is 4.83. The van der Waals surface area contributed by atoms with Gasteiger partial charge in [-0.3, -0.25) is 9.13 Å². The lowest BCUT2D eigenvalue weighted by Gasteiger charge is -2.29. The lowest BCUT2D eigenvalue weighted by atomic mass is 10.1. The standard InChI is InChI=1S/C8H11FO7P2/c9-7-4-2-1-3-6(7)5-8(10,17(11,12)13)18(14,15)16/h1-4,10H,5H2,(H2,11,12,13)(H2,14,15,16). The van der Waals surface area contributed by atoms with Gasteiger partial charge in [0.2, 0.25) is 0 Å². The van der Waals surface area contributed by atoms with Gasteiger partial charge in [0.15, 0.2) is 0 Å². The summed E-state index contributed by atoms with van der Waals surface area (Å²) >= 11 is 0. The largest absolute Gasteiger partial charge is 0.369 e. The van der Waals surface area contributed by atoms with E-state index in [2.05, 4.69) is 0 Å². The summed E-state index contributed by atoms with van der Waals surface area (Å²) < 4.78 is 35.4. The summed E-state index contributed by atoms with van der Waals surface area (Å²) in [6.07, 6.45) is -1.20. The van der Waals surface area contributed by atoms with Crippen LogP contribution in [0.25, 0.3) is 0 Å². The summed E-state index contributed by atoms with van der Waals surface area (Å²) in [5.41, 5.74) is -0.411. The molecule has 0 atom stereocenters. The van der Waals surface area contributed by atoms with Crippen LogP contribution in [0, 0.1) is 5.82 Å². The number of halogens is 1. The molecule has 18 heavy (non-hydrogen) atoms. The minimum Gasteiger partial charge on any atom is -0.367 e. The maximum Gasteiger partial charge on any atom is 0.369 e. The molecule has 1 aromatic rings. The Bertz CT molecular complexity index is 512. The smallest absolute Gasteiger partial charge is 0.367 e. The molecule has 0 amide bonds. The van der Waals surface area contributed by atoms with Crippen molar-refractivity contribution in [3.63, 3.8) is 0 Å². The summed E-state index contributed by atoms with van der Waals surface area (Å²) in [6.45, 7) is 0. The first-order valence-electron chi connectivity index (χ1n) is 4.56. The third-order valence-corrected chi connectivity index (χ3v) is 6.06. The van der Waals surface area contributed by atoms with Gasteiger partial charge in [0.1, 0.15) is 5.82 Å². The van der Waals surface area contributed by atoms with Crippen LogP contribution in [0.3, 0.4) is 0 Å². The molecule has 0 saturated carbocycles. The highest BCUT2D eigenvalue weighted by Crippen LogP contribution is 2.68. The third kappa shape index (κ3) is 2.87. The Labute approximate surface area is 101 Å². The topological polar surface area (TPSA) is 135 Å². The third-order valence-electron chi connectivity index (χ3n) is 2.32. The highest BCUT2D eigenvalue weighted by atomic mass is 31.2. The minimum atomic E-state index is -5.57. The first-order valence-corrected chi connectivity index (χ1v) is 7.78. The number of rotatable bonds is 4. The zero-order chi connectivity index (χ0) is 14.2. The molecule has 0 bridgehead atoms. The molecule has 1 rings (SSSR count). The average molecular weight is 300 g/mol. The van der Waals surface area contributed by atoms with Gasteiger partial charge in [-0.1, -0.05) is 18.2 Å². The van der Waals surface area contributed by atoms with Crippen LogP contribution in [0.5, 0.6) is 0 Å². The van der Waals surface area contributed by atoms with E-state index in [1.165, 1.54) is 12.1 Å². The summed E-state index contributed by atoms with van der Waals surface area (Å²) in [5, 5.41) is 5.93. The van der Waals surface area contributed by atoms with Gasteiger partial charge in [0.25, 0.3) is 5.08 Å². The number of benzene rings is 1. The van der Waals surface area contributed by atoms with Gasteiger partial charge >= 0.3 is 15.2 Å². The fourth-order valence-corrected chi connectivity index (χ4v) is 3.38. The monoisotopic (exact) mass is 300 g/mol. The van der Waals surface area contributed by atoms with Gasteiger partial charge in [-0.25, -0.2) is 4.39 Å². The summed E-state index contributed by atoms with van der Waals surface area (Å²) in [6, 6.07) is 4.59. The van der Waals surface area contributed by atoms with E-state index < -0.39 is 38.1 Å². The van der Waals surface area contributed by atoms with Crippen LogP contribution in [0.4, 0.5) is 4.39 Å². The molecule has 1 aromatic carbocycles. The average Bonchev–Trinajstić information content (AvgIpc) is 2.18. The van der Waals surface area contributed by atoms with Crippen molar-refractivity contribution in [1.29, 1.82) is 0 Å². The van der Waals surface area contributed by atoms with Crippen LogP contribution in [0.15, 0.2) is 24.3 Å². The van der Waals surface area contributed by atoms with Crippen LogP contribution in [-0.4, -0.2) is 29.8 Å². The maximum atomic E-state index is 13.3. The van der Waals surface area contributed by atoms with Crippen molar-refractivity contribution in [2.24, 2.45) is 0 Å². The van der Waals surface area contributed by atoms with E-state index in [1.54, 1.807) is 0 Å². The van der Waals surface area contributed by atoms with Crippen molar-refractivity contribution >= 4 is 15.2 Å². The Hall–Kier alpha value is -0.590. The molecule has 0 fully saturated rings. The normalized spacial score (nSPS) is 13.7. The van der Waals surface area contributed by atoms with Crippen LogP contribution < -0.4 is 0 Å². The summed E-state index contributed by atoms with van der Waals surface area (Å²) in [5.74, 6) is -0.933. The molecule has 5 N–H and O–H groups in total. The molecular weight excluding hydrogens is 289 g/mol. The summed E-state index contributed by atoms with van der Waals surface area (Å²) in [4.78, 5) is 35.5. The molecule has 0 aromatic heterocycles. The molecule has 7 nitrogen and oxygen atoms in total. The molecule has 0 radical (unpaired) electrons. The second-order valence-corrected chi connectivity index (χ2v) is 7.64. The van der Waals surface area contributed by atoms with Crippen LogP contribution in [0.2, 0.25) is 0 Å². The predicted octanol–water partition coefficient (Wildman–Crippen LogP) is 0.370. The van der Waals surface area contributed by atoms with E-state index >= 15 is 0 Å². The van der Waals surface area contributed by atoms with Crippen molar-refractivity contribution in [2.45, 2.75) is 11.5 Å². The Balaban J connectivity index is 3.30. The van der Waals surface area contributed by atoms with E-state index in [1.807, 2.05) is 0 Å². The van der Waals surface area contributed by atoms with Crippen molar-refractivity contribution in [3.05, 3.63) is 35.6 Å². The van der Waals surface area contributed by atoms with Crippen LogP contribution in [0.1, 0.15) is 5.56 Å². The van der Waals surface area contributed by atoms with Crippen molar-refractivity contribution in [2.75, 3.05) is 0 Å². The van der Waals surface area contributed by atoms with Crippen LogP contribution in [-0.2, 0) is 15.6 Å². The van der Waals surface area contributed by atoms with E-state index in [0.29, 0.717) is 0 Å². The molecule has 0 heterocycles. The quantitative estimate of drug-likeness (QED) is 0.507. The molecule has 0 aliphatic carbocycles. The van der Waals surface area contributed by atoms with Gasteiger partial charge < -0.3 is 24.7 Å². The van der Waals surface area contributed by atoms with E-state index in [4.69, 9.17) is 19.6 Å². The number of hydrogen-bond acceptors (Lipinski definition) is 3. The Morgan fingerprint density at radius 1 is 1.06 bits per heavy atom. The molecule has 10 heteroatoms. The lowest BCUT2D eigenvalue weighted by Crippen LogP contribution is -2.31. The van der Waals surface area contributed by atoms with Crippen LogP contribution >= 0.6 is 15.2 Å². The Kier molecular flexibility index (Phi) is 4.15. The molecule has 0 saturated heterocycles. The van der Waals surface area contributed by atoms with E-state index in [9.17, 15) is 18.6 Å². The SMILES string of the molecule is O=P(O)(O)C(O)(Cc1ccccc1F)P(=O)(O)O. The fourth-order valence-electron chi connectivity index (χ4n) is 1.27. The van der Waals surface area contributed by atoms with E-state index in [-0.39, 0.29) is 0 Å². The fraction of sp³-hybridized carbons (Fsp3) is 0.250. The lowest BCUT2D eigenvalue weighted by molar-refractivity contribution is 0.130. The van der Waals surface area contributed by atoms with Gasteiger partial charge in [-0.15, -0.1) is 0 Å². The van der Waals surface area contributed by atoms with E-state index in [0.717, 1.165) is 12.1 Å². The predicted molar refractivity (Wildman–Crippen MR) is 59.1 cm³/mol. The van der Waals surface area contributed by atoms with Gasteiger partial charge in [-0.05, 0) is 11.6 Å². The molecule has 0 spiro atoms. The summed E-state index contributed by atoms with van der Waals surface area (Å²) in [7, 11) is -11.1. The van der Waals surface area contributed by atoms with Crippen molar-refractivity contribution in [1.82, 2.24) is 0 Å².